The monoisotopic (exact) mass is 242 g/mol. The molecule has 0 spiro atoms. The van der Waals surface area contributed by atoms with Gasteiger partial charge < -0.3 is 15.0 Å². The molecule has 0 aliphatic carbocycles. The summed E-state index contributed by atoms with van der Waals surface area (Å²) >= 11 is 0. The molecule has 1 unspecified atom stereocenters. The highest BCUT2D eigenvalue weighted by Crippen LogP contribution is 1.87. The normalized spacial score (nSPS) is 11.5. The summed E-state index contributed by atoms with van der Waals surface area (Å²) in [5, 5.41) is 17.3. The number of carbonyl (C=O) groups is 1. The number of carboxylic acids is 1. The molecule has 5 heteroatoms. The van der Waals surface area contributed by atoms with Crippen molar-refractivity contribution in [3.63, 3.8) is 0 Å². The Kier molecular flexibility index (Phi) is 8.05. The lowest BCUT2D eigenvalue weighted by molar-refractivity contribution is -0.696. The van der Waals surface area contributed by atoms with E-state index in [2.05, 4.69) is 41.7 Å². The van der Waals surface area contributed by atoms with Crippen LogP contribution in [0.5, 0.6) is 0 Å². The summed E-state index contributed by atoms with van der Waals surface area (Å²) in [6.45, 7) is 7.74. The fourth-order valence-corrected chi connectivity index (χ4v) is 1.10. The van der Waals surface area contributed by atoms with Crippen molar-refractivity contribution in [1.29, 1.82) is 0 Å². The maximum atomic E-state index is 9.34. The van der Waals surface area contributed by atoms with Crippen molar-refractivity contribution in [2.45, 2.75) is 52.8 Å². The van der Waals surface area contributed by atoms with E-state index >= 15 is 0 Å². The first-order valence-electron chi connectivity index (χ1n) is 5.95. The van der Waals surface area contributed by atoms with Crippen LogP contribution in [0.25, 0.3) is 0 Å². The first-order valence-corrected chi connectivity index (χ1v) is 5.95. The molecule has 0 fully saturated rings. The van der Waals surface area contributed by atoms with Gasteiger partial charge in [-0.3, -0.25) is 0 Å². The number of rotatable bonds is 5. The van der Waals surface area contributed by atoms with Crippen molar-refractivity contribution in [1.82, 2.24) is 4.57 Å². The van der Waals surface area contributed by atoms with Crippen LogP contribution in [0.15, 0.2) is 18.7 Å². The third-order valence-corrected chi connectivity index (χ3v) is 2.22. The van der Waals surface area contributed by atoms with E-state index in [1.807, 2.05) is 0 Å². The van der Waals surface area contributed by atoms with Crippen LogP contribution >= 0.6 is 0 Å². The van der Waals surface area contributed by atoms with Gasteiger partial charge in [0.15, 0.2) is 0 Å². The third-order valence-electron chi connectivity index (χ3n) is 2.22. The number of aromatic nitrogens is 2. The summed E-state index contributed by atoms with van der Waals surface area (Å²) in [7, 11) is 0. The molecule has 0 bridgehead atoms. The number of aliphatic hydroxyl groups is 1. The van der Waals surface area contributed by atoms with Gasteiger partial charge in [-0.2, -0.15) is 0 Å². The molecule has 0 aliphatic rings. The van der Waals surface area contributed by atoms with E-state index in [-0.39, 0.29) is 0 Å². The Bertz CT molecular complexity index is 321. The predicted molar refractivity (Wildman–Crippen MR) is 61.9 cm³/mol. The van der Waals surface area contributed by atoms with Crippen molar-refractivity contribution in [2.24, 2.45) is 0 Å². The van der Waals surface area contributed by atoms with Gasteiger partial charge in [0.25, 0.3) is 0 Å². The standard InChI is InChI=1S/C9H17N2.C3H6O3/c1-3-5-6-11-8-7-10(4-2)9-11;1-2(4)3(5)6/h7-9H,3-6H2,1-2H3;2,4H,1H3,(H,5,6)/q+1;/p-1. The van der Waals surface area contributed by atoms with E-state index in [1.54, 1.807) is 0 Å². The molecule has 1 aromatic heterocycles. The Hall–Kier alpha value is -1.36. The molecule has 5 nitrogen and oxygen atoms in total. The van der Waals surface area contributed by atoms with E-state index in [0.717, 1.165) is 20.0 Å². The second-order valence-corrected chi connectivity index (χ2v) is 3.83. The maximum Gasteiger partial charge on any atom is 0.243 e. The molecule has 1 aromatic rings. The van der Waals surface area contributed by atoms with Gasteiger partial charge >= 0.3 is 0 Å². The van der Waals surface area contributed by atoms with E-state index < -0.39 is 12.1 Å². The van der Waals surface area contributed by atoms with Crippen LogP contribution in [0.2, 0.25) is 0 Å². The predicted octanol–water partition coefficient (Wildman–Crippen LogP) is -0.287. The van der Waals surface area contributed by atoms with Gasteiger partial charge in [0.2, 0.25) is 6.33 Å². The van der Waals surface area contributed by atoms with E-state index in [1.165, 1.54) is 12.8 Å². The van der Waals surface area contributed by atoms with Crippen LogP contribution < -0.4 is 9.67 Å². The average molecular weight is 242 g/mol. The molecule has 1 heterocycles. The minimum absolute atomic E-state index is 1.07. The molecule has 0 saturated heterocycles. The Morgan fingerprint density at radius 3 is 2.47 bits per heavy atom. The van der Waals surface area contributed by atoms with Gasteiger partial charge in [-0.1, -0.05) is 13.3 Å². The van der Waals surface area contributed by atoms with Gasteiger partial charge in [0, 0.05) is 0 Å². The highest BCUT2D eigenvalue weighted by Gasteiger charge is 1.99. The molecule has 98 valence electrons. The maximum absolute atomic E-state index is 9.34. The first-order chi connectivity index (χ1) is 8.01. The molecule has 0 aromatic carbocycles. The van der Waals surface area contributed by atoms with Gasteiger partial charge in [0.05, 0.1) is 25.2 Å². The number of imidazole rings is 1. The van der Waals surface area contributed by atoms with Crippen LogP contribution in [0.4, 0.5) is 0 Å². The number of aliphatic carboxylic acids is 1. The first kappa shape index (κ1) is 15.6. The Balaban J connectivity index is 0.000000366. The molecule has 17 heavy (non-hydrogen) atoms. The molecule has 0 radical (unpaired) electrons. The van der Waals surface area contributed by atoms with E-state index in [9.17, 15) is 9.90 Å². The summed E-state index contributed by atoms with van der Waals surface area (Å²) in [5.41, 5.74) is 0. The lowest BCUT2D eigenvalue weighted by atomic mass is 10.3. The molecule has 0 aliphatic heterocycles. The number of aryl methyl sites for hydroxylation is 2. The number of carbonyl (C=O) groups excluding carboxylic acids is 1. The lowest BCUT2D eigenvalue weighted by Gasteiger charge is -2.00. The molecular weight excluding hydrogens is 220 g/mol. The van der Waals surface area contributed by atoms with Gasteiger partial charge in [-0.25, -0.2) is 9.13 Å². The number of unbranched alkanes of at least 4 members (excludes halogenated alkanes) is 1. The summed E-state index contributed by atoms with van der Waals surface area (Å²) < 4.78 is 4.43. The van der Waals surface area contributed by atoms with Crippen LogP contribution in [-0.4, -0.2) is 21.7 Å². The van der Waals surface area contributed by atoms with Gasteiger partial charge in [-0.05, 0) is 20.3 Å². The number of hydrogen-bond donors (Lipinski definition) is 1. The fraction of sp³-hybridized carbons (Fsp3) is 0.667. The van der Waals surface area contributed by atoms with Crippen molar-refractivity contribution in [2.75, 3.05) is 0 Å². The zero-order chi connectivity index (χ0) is 13.3. The lowest BCUT2D eigenvalue weighted by Crippen LogP contribution is -2.32. The van der Waals surface area contributed by atoms with Crippen LogP contribution in [-0.2, 0) is 17.9 Å². The second-order valence-electron chi connectivity index (χ2n) is 3.83. The molecule has 0 saturated carbocycles. The summed E-state index contributed by atoms with van der Waals surface area (Å²) in [6, 6.07) is 0. The Morgan fingerprint density at radius 1 is 1.53 bits per heavy atom. The zero-order valence-electron chi connectivity index (χ0n) is 10.8. The van der Waals surface area contributed by atoms with Crippen molar-refractivity contribution >= 4 is 5.97 Å². The van der Waals surface area contributed by atoms with E-state index in [4.69, 9.17) is 5.11 Å². The van der Waals surface area contributed by atoms with E-state index in [0.29, 0.717) is 0 Å². The minimum atomic E-state index is -1.44. The summed E-state index contributed by atoms with van der Waals surface area (Å²) in [5.74, 6) is -1.44. The third kappa shape index (κ3) is 7.52. The molecule has 1 N–H and O–H groups in total. The van der Waals surface area contributed by atoms with Crippen molar-refractivity contribution < 1.29 is 19.6 Å². The molecular formula is C12H22N2O3. The quantitative estimate of drug-likeness (QED) is 0.722. The molecule has 1 rings (SSSR count). The Morgan fingerprint density at radius 2 is 2.12 bits per heavy atom. The smallest absolute Gasteiger partial charge is 0.243 e. The average Bonchev–Trinajstić information content (AvgIpc) is 2.75. The molecule has 0 amide bonds. The fourth-order valence-electron chi connectivity index (χ4n) is 1.10. The Labute approximate surface area is 102 Å². The highest BCUT2D eigenvalue weighted by molar-refractivity contribution is 5.68. The summed E-state index contributed by atoms with van der Waals surface area (Å²) in [4.78, 5) is 9.34. The minimum Gasteiger partial charge on any atom is -0.547 e. The van der Waals surface area contributed by atoms with Crippen LogP contribution in [0.3, 0.4) is 0 Å². The number of nitrogens with zero attached hydrogens (tertiary/aromatic N) is 2. The number of hydrogen-bond acceptors (Lipinski definition) is 3. The zero-order valence-corrected chi connectivity index (χ0v) is 10.8. The largest absolute Gasteiger partial charge is 0.547 e. The van der Waals surface area contributed by atoms with Crippen LogP contribution in [0, 0.1) is 0 Å². The van der Waals surface area contributed by atoms with Crippen LogP contribution in [0.1, 0.15) is 33.6 Å². The van der Waals surface area contributed by atoms with Crippen molar-refractivity contribution in [3.8, 4) is 0 Å². The van der Waals surface area contributed by atoms with Gasteiger partial charge in [0.1, 0.15) is 12.4 Å². The molecule has 1 atom stereocenters. The topological polar surface area (TPSA) is 69.2 Å². The number of aliphatic hydroxyl groups excluding tert-OH is 1. The second kappa shape index (κ2) is 8.75. The number of carboxylic acid groups (broad SMARTS) is 1. The highest BCUT2D eigenvalue weighted by atomic mass is 16.4. The van der Waals surface area contributed by atoms with Crippen molar-refractivity contribution in [3.05, 3.63) is 18.7 Å². The SMILES string of the molecule is CC(O)C(=O)[O-].CCCC[n+]1ccn(CC)c1. The van der Waals surface area contributed by atoms with Gasteiger partial charge in [-0.15, -0.1) is 0 Å². The summed E-state index contributed by atoms with van der Waals surface area (Å²) in [6.07, 6.45) is 7.62.